The third-order valence-electron chi connectivity index (χ3n) is 6.55. The summed E-state index contributed by atoms with van der Waals surface area (Å²) in [5.74, 6) is 0.0832. The first kappa shape index (κ1) is 22.5. The molecule has 1 amide bonds. The maximum Gasteiger partial charge on any atom is 0.255 e. The Labute approximate surface area is 206 Å². The molecule has 0 radical (unpaired) electrons. The van der Waals surface area contributed by atoms with Gasteiger partial charge in [-0.25, -0.2) is 0 Å². The molecule has 1 saturated heterocycles. The van der Waals surface area contributed by atoms with Gasteiger partial charge in [0, 0.05) is 38.4 Å². The predicted molar refractivity (Wildman–Crippen MR) is 139 cm³/mol. The quantitative estimate of drug-likeness (QED) is 0.355. The lowest BCUT2D eigenvalue weighted by Crippen LogP contribution is -2.48. The molecule has 5 heteroatoms. The number of hydrogen-bond acceptors (Lipinski definition) is 2. The van der Waals surface area contributed by atoms with E-state index >= 15 is 0 Å². The van der Waals surface area contributed by atoms with Crippen molar-refractivity contribution in [3.63, 3.8) is 0 Å². The van der Waals surface area contributed by atoms with E-state index in [9.17, 15) is 4.79 Å². The fourth-order valence-electron chi connectivity index (χ4n) is 4.71. The molecule has 34 heavy (non-hydrogen) atoms. The molecule has 0 saturated carbocycles. The Morgan fingerprint density at radius 2 is 1.44 bits per heavy atom. The Bertz CT molecular complexity index is 1280. The van der Waals surface area contributed by atoms with Crippen molar-refractivity contribution >= 4 is 17.5 Å². The number of benzene rings is 3. The van der Waals surface area contributed by atoms with Gasteiger partial charge in [0.2, 0.25) is 0 Å². The summed E-state index contributed by atoms with van der Waals surface area (Å²) in [6, 6.07) is 30.5. The van der Waals surface area contributed by atoms with Crippen LogP contribution in [0.25, 0.3) is 16.9 Å². The van der Waals surface area contributed by atoms with Gasteiger partial charge in [0.05, 0.1) is 22.0 Å². The molecule has 0 N–H and O–H groups in total. The molecule has 4 nitrogen and oxygen atoms in total. The molecule has 0 spiro atoms. The van der Waals surface area contributed by atoms with Crippen molar-refractivity contribution in [2.24, 2.45) is 0 Å². The Morgan fingerprint density at radius 3 is 2.12 bits per heavy atom. The van der Waals surface area contributed by atoms with E-state index in [1.54, 1.807) is 0 Å². The van der Waals surface area contributed by atoms with Crippen LogP contribution in [0.2, 0.25) is 5.02 Å². The average Bonchev–Trinajstić information content (AvgIpc) is 3.22. The average molecular weight is 470 g/mol. The molecule has 0 aliphatic carbocycles. The van der Waals surface area contributed by atoms with E-state index in [0.717, 1.165) is 60.9 Å². The van der Waals surface area contributed by atoms with Gasteiger partial charge < -0.3 is 9.47 Å². The minimum absolute atomic E-state index is 0.0832. The van der Waals surface area contributed by atoms with Crippen LogP contribution < -0.4 is 0 Å². The van der Waals surface area contributed by atoms with Gasteiger partial charge in [-0.3, -0.25) is 9.69 Å². The summed E-state index contributed by atoms with van der Waals surface area (Å²) in [5, 5.41) is 0.659. The van der Waals surface area contributed by atoms with Crippen molar-refractivity contribution in [3.8, 4) is 16.9 Å². The van der Waals surface area contributed by atoms with Crippen LogP contribution in [0.4, 0.5) is 0 Å². The molecule has 3 aromatic carbocycles. The van der Waals surface area contributed by atoms with E-state index in [1.807, 2.05) is 66.4 Å². The molecule has 0 unspecified atom stereocenters. The van der Waals surface area contributed by atoms with Crippen LogP contribution in [0.1, 0.15) is 21.6 Å². The molecule has 5 rings (SSSR count). The van der Waals surface area contributed by atoms with E-state index in [2.05, 4.69) is 45.9 Å². The number of halogens is 1. The zero-order valence-electron chi connectivity index (χ0n) is 19.3. The van der Waals surface area contributed by atoms with Crippen molar-refractivity contribution in [2.75, 3.05) is 26.2 Å². The van der Waals surface area contributed by atoms with Crippen LogP contribution in [0.3, 0.4) is 0 Å². The van der Waals surface area contributed by atoms with E-state index in [0.29, 0.717) is 5.02 Å². The zero-order valence-corrected chi connectivity index (χ0v) is 20.1. The molecule has 0 bridgehead atoms. The van der Waals surface area contributed by atoms with Gasteiger partial charge in [-0.15, -0.1) is 0 Å². The van der Waals surface area contributed by atoms with Gasteiger partial charge in [0.15, 0.2) is 0 Å². The van der Waals surface area contributed by atoms with E-state index in [4.69, 9.17) is 11.6 Å². The monoisotopic (exact) mass is 469 g/mol. The zero-order chi connectivity index (χ0) is 23.5. The van der Waals surface area contributed by atoms with Gasteiger partial charge in [-0.1, -0.05) is 84.4 Å². The molecule has 172 valence electrons. The molecule has 1 aliphatic heterocycles. The third kappa shape index (κ3) is 4.52. The van der Waals surface area contributed by atoms with Crippen LogP contribution in [-0.4, -0.2) is 46.5 Å². The summed E-state index contributed by atoms with van der Waals surface area (Å²) < 4.78 is 2.11. The highest BCUT2D eigenvalue weighted by Crippen LogP contribution is 2.33. The largest absolute Gasteiger partial charge is 0.336 e. The number of hydrogen-bond donors (Lipinski definition) is 0. The highest BCUT2D eigenvalue weighted by atomic mass is 35.5. The molecular formula is C29H28ClN3O. The van der Waals surface area contributed by atoms with Crippen LogP contribution in [-0.2, 0) is 6.54 Å². The number of carbonyl (C=O) groups excluding carboxylic acids is 1. The van der Waals surface area contributed by atoms with Gasteiger partial charge in [-0.2, -0.15) is 0 Å². The van der Waals surface area contributed by atoms with Crippen molar-refractivity contribution in [1.29, 1.82) is 0 Å². The molecule has 1 aromatic heterocycles. The fraction of sp³-hybridized carbons (Fsp3) is 0.207. The Balaban J connectivity index is 1.42. The minimum atomic E-state index is 0.0832. The third-order valence-corrected chi connectivity index (χ3v) is 6.87. The Hall–Kier alpha value is -3.34. The molecule has 1 fully saturated rings. The highest BCUT2D eigenvalue weighted by Gasteiger charge is 2.27. The maximum atomic E-state index is 13.7. The van der Waals surface area contributed by atoms with Crippen molar-refractivity contribution in [1.82, 2.24) is 14.4 Å². The first-order chi connectivity index (χ1) is 16.6. The summed E-state index contributed by atoms with van der Waals surface area (Å²) >= 11 is 6.59. The second kappa shape index (κ2) is 9.88. The van der Waals surface area contributed by atoms with Crippen LogP contribution >= 0.6 is 11.6 Å². The molecule has 1 aliphatic rings. The summed E-state index contributed by atoms with van der Waals surface area (Å²) in [5.41, 5.74) is 5.85. The summed E-state index contributed by atoms with van der Waals surface area (Å²) in [6.07, 6.45) is 0. The Morgan fingerprint density at radius 1 is 0.824 bits per heavy atom. The number of carbonyl (C=O) groups is 1. The standard InChI is InChI=1S/C29H28ClN3O/c1-22-25(29(34)32-18-16-31(17-19-32)21-23-10-4-2-5-11-23)20-28(24-12-6-3-7-13-24)33(22)27-15-9-8-14-26(27)30/h2-15,20H,16-19,21H2,1H3. The highest BCUT2D eigenvalue weighted by molar-refractivity contribution is 6.32. The fourth-order valence-corrected chi connectivity index (χ4v) is 4.93. The first-order valence-corrected chi connectivity index (χ1v) is 12.1. The smallest absolute Gasteiger partial charge is 0.255 e. The van der Waals surface area contributed by atoms with E-state index in [-0.39, 0.29) is 5.91 Å². The van der Waals surface area contributed by atoms with Gasteiger partial charge in [0.25, 0.3) is 5.91 Å². The lowest BCUT2D eigenvalue weighted by atomic mass is 10.1. The minimum Gasteiger partial charge on any atom is -0.336 e. The van der Waals surface area contributed by atoms with Crippen molar-refractivity contribution in [3.05, 3.63) is 113 Å². The van der Waals surface area contributed by atoms with E-state index < -0.39 is 0 Å². The number of amides is 1. The number of nitrogens with zero attached hydrogens (tertiary/aromatic N) is 3. The van der Waals surface area contributed by atoms with Gasteiger partial charge in [0.1, 0.15) is 0 Å². The van der Waals surface area contributed by atoms with Crippen molar-refractivity contribution in [2.45, 2.75) is 13.5 Å². The molecule has 2 heterocycles. The van der Waals surface area contributed by atoms with Gasteiger partial charge in [-0.05, 0) is 36.2 Å². The van der Waals surface area contributed by atoms with Gasteiger partial charge >= 0.3 is 0 Å². The summed E-state index contributed by atoms with van der Waals surface area (Å²) in [7, 11) is 0. The second-order valence-corrected chi connectivity index (χ2v) is 9.14. The van der Waals surface area contributed by atoms with E-state index in [1.165, 1.54) is 5.56 Å². The normalized spacial score (nSPS) is 14.4. The topological polar surface area (TPSA) is 28.5 Å². The Kier molecular flexibility index (Phi) is 6.52. The number of aromatic nitrogens is 1. The van der Waals surface area contributed by atoms with Crippen molar-refractivity contribution < 1.29 is 4.79 Å². The lowest BCUT2D eigenvalue weighted by Gasteiger charge is -2.34. The maximum absolute atomic E-state index is 13.7. The number of para-hydroxylation sites is 1. The summed E-state index contributed by atoms with van der Waals surface area (Å²) in [4.78, 5) is 18.1. The first-order valence-electron chi connectivity index (χ1n) is 11.7. The predicted octanol–water partition coefficient (Wildman–Crippen LogP) is 6.06. The molecular weight excluding hydrogens is 442 g/mol. The van der Waals surface area contributed by atoms with Crippen LogP contribution in [0, 0.1) is 6.92 Å². The second-order valence-electron chi connectivity index (χ2n) is 8.74. The van der Waals surface area contributed by atoms with Crippen LogP contribution in [0.5, 0.6) is 0 Å². The summed E-state index contributed by atoms with van der Waals surface area (Å²) in [6.45, 7) is 6.12. The molecule has 4 aromatic rings. The number of piperazine rings is 1. The molecule has 0 atom stereocenters. The van der Waals surface area contributed by atoms with Crippen LogP contribution in [0.15, 0.2) is 91.0 Å². The number of rotatable bonds is 5. The lowest BCUT2D eigenvalue weighted by molar-refractivity contribution is 0.0628. The SMILES string of the molecule is Cc1c(C(=O)N2CCN(Cc3ccccc3)CC2)cc(-c2ccccc2)n1-c1ccccc1Cl.